The first kappa shape index (κ1) is 16.6. The predicted octanol–water partition coefficient (Wildman–Crippen LogP) is 4.52. The Kier molecular flexibility index (Phi) is 4.65. The van der Waals surface area contributed by atoms with Gasteiger partial charge in [0.25, 0.3) is 0 Å². The van der Waals surface area contributed by atoms with Gasteiger partial charge in [0.05, 0.1) is 13.4 Å². The lowest BCUT2D eigenvalue weighted by atomic mass is 9.98. The van der Waals surface area contributed by atoms with Crippen molar-refractivity contribution < 1.29 is 13.9 Å². The number of fused-ring (bicyclic) bond motifs is 1. The maximum absolute atomic E-state index is 12.3. The zero-order valence-corrected chi connectivity index (χ0v) is 14.9. The number of aryl methyl sites for hydroxylation is 2. The monoisotopic (exact) mass is 327 g/mol. The molecule has 1 fully saturated rings. The van der Waals surface area contributed by atoms with Crippen molar-refractivity contribution in [1.82, 2.24) is 5.32 Å². The third kappa shape index (κ3) is 3.05. The molecule has 4 nitrogen and oxygen atoms in total. The van der Waals surface area contributed by atoms with Crippen LogP contribution in [-0.2, 0) is 4.79 Å². The van der Waals surface area contributed by atoms with Crippen molar-refractivity contribution in [2.45, 2.75) is 52.5 Å². The van der Waals surface area contributed by atoms with Crippen LogP contribution in [0, 0.1) is 13.8 Å². The highest BCUT2D eigenvalue weighted by Crippen LogP contribution is 2.37. The van der Waals surface area contributed by atoms with Gasteiger partial charge in [-0.2, -0.15) is 0 Å². The average Bonchev–Trinajstić information content (AvgIpc) is 3.17. The van der Waals surface area contributed by atoms with Crippen molar-refractivity contribution in [3.63, 3.8) is 0 Å². The molecule has 1 N–H and O–H groups in total. The molecule has 1 heterocycles. The minimum atomic E-state index is -0.0249. The molecule has 1 amide bonds. The van der Waals surface area contributed by atoms with E-state index in [9.17, 15) is 4.79 Å². The van der Waals surface area contributed by atoms with Gasteiger partial charge < -0.3 is 14.5 Å². The van der Waals surface area contributed by atoms with Crippen LogP contribution in [0.5, 0.6) is 5.75 Å². The van der Waals surface area contributed by atoms with Gasteiger partial charge in [-0.25, -0.2) is 0 Å². The quantitative estimate of drug-likeness (QED) is 0.840. The molecule has 3 rings (SSSR count). The van der Waals surface area contributed by atoms with Gasteiger partial charge in [0.2, 0.25) is 5.91 Å². The molecule has 0 unspecified atom stereocenters. The second-order valence-electron chi connectivity index (χ2n) is 6.70. The highest BCUT2D eigenvalue weighted by molar-refractivity contribution is 5.98. The summed E-state index contributed by atoms with van der Waals surface area (Å²) in [5.74, 6) is 0.738. The Morgan fingerprint density at radius 1 is 1.33 bits per heavy atom. The lowest BCUT2D eigenvalue weighted by Gasteiger charge is -2.14. The number of furan rings is 1. The Morgan fingerprint density at radius 3 is 2.71 bits per heavy atom. The number of carbonyl (C=O) groups is 1. The standard InChI is InChI=1S/C20H25NO3/c1-12(9-18(22)21-15-7-5-6-8-15)16-10-17-13(2)11-24-20(17)14(3)19(16)23-4/h9-11,15H,5-8H2,1-4H3,(H,21,22)/b12-9+. The molecule has 128 valence electrons. The van der Waals surface area contributed by atoms with Gasteiger partial charge in [-0.1, -0.05) is 12.8 Å². The smallest absolute Gasteiger partial charge is 0.244 e. The Labute approximate surface area is 142 Å². The van der Waals surface area contributed by atoms with Crippen LogP contribution in [0.1, 0.15) is 49.3 Å². The maximum atomic E-state index is 12.3. The highest BCUT2D eigenvalue weighted by Gasteiger charge is 2.18. The minimum absolute atomic E-state index is 0.0249. The zero-order chi connectivity index (χ0) is 17.3. The summed E-state index contributed by atoms with van der Waals surface area (Å²) in [7, 11) is 1.65. The van der Waals surface area contributed by atoms with Crippen LogP contribution >= 0.6 is 0 Å². The molecule has 1 saturated carbocycles. The molecule has 0 spiro atoms. The SMILES string of the molecule is COc1c(/C(C)=C/C(=O)NC2CCCC2)cc2c(C)coc2c1C. The van der Waals surface area contributed by atoms with E-state index in [4.69, 9.17) is 9.15 Å². The van der Waals surface area contributed by atoms with Crippen LogP contribution in [0.25, 0.3) is 16.5 Å². The van der Waals surface area contributed by atoms with Crippen LogP contribution in [-0.4, -0.2) is 19.1 Å². The number of carbonyl (C=O) groups excluding carboxylic acids is 1. The van der Waals surface area contributed by atoms with Crippen molar-refractivity contribution in [1.29, 1.82) is 0 Å². The van der Waals surface area contributed by atoms with Crippen molar-refractivity contribution >= 4 is 22.4 Å². The topological polar surface area (TPSA) is 51.5 Å². The molecule has 0 aliphatic heterocycles. The molecule has 1 aliphatic rings. The van der Waals surface area contributed by atoms with E-state index in [2.05, 4.69) is 11.4 Å². The lowest BCUT2D eigenvalue weighted by molar-refractivity contribution is -0.117. The van der Waals surface area contributed by atoms with E-state index in [0.29, 0.717) is 6.04 Å². The van der Waals surface area contributed by atoms with E-state index < -0.39 is 0 Å². The second-order valence-corrected chi connectivity index (χ2v) is 6.70. The van der Waals surface area contributed by atoms with Crippen LogP contribution < -0.4 is 10.1 Å². The maximum Gasteiger partial charge on any atom is 0.244 e. The van der Waals surface area contributed by atoms with Gasteiger partial charge >= 0.3 is 0 Å². The summed E-state index contributed by atoms with van der Waals surface area (Å²) >= 11 is 0. The fourth-order valence-corrected chi connectivity index (χ4v) is 3.58. The van der Waals surface area contributed by atoms with Gasteiger partial charge in [-0.3, -0.25) is 4.79 Å². The minimum Gasteiger partial charge on any atom is -0.496 e. The Balaban J connectivity index is 1.95. The highest BCUT2D eigenvalue weighted by atomic mass is 16.5. The van der Waals surface area contributed by atoms with E-state index in [1.165, 1.54) is 12.8 Å². The summed E-state index contributed by atoms with van der Waals surface area (Å²) < 4.78 is 11.2. The van der Waals surface area contributed by atoms with Gasteiger partial charge in [0.15, 0.2) is 0 Å². The fourth-order valence-electron chi connectivity index (χ4n) is 3.58. The number of nitrogens with one attached hydrogen (secondary N) is 1. The van der Waals surface area contributed by atoms with Crippen molar-refractivity contribution in [3.8, 4) is 5.75 Å². The van der Waals surface area contributed by atoms with E-state index >= 15 is 0 Å². The van der Waals surface area contributed by atoms with Crippen molar-refractivity contribution in [2.24, 2.45) is 0 Å². The van der Waals surface area contributed by atoms with Gasteiger partial charge in [-0.05, 0) is 50.8 Å². The second kappa shape index (κ2) is 6.71. The predicted molar refractivity (Wildman–Crippen MR) is 96.3 cm³/mol. The summed E-state index contributed by atoms with van der Waals surface area (Å²) in [4.78, 5) is 12.3. The molecule has 1 aromatic heterocycles. The lowest BCUT2D eigenvalue weighted by Crippen LogP contribution is -2.31. The van der Waals surface area contributed by atoms with E-state index in [0.717, 1.165) is 51.8 Å². The largest absolute Gasteiger partial charge is 0.496 e. The van der Waals surface area contributed by atoms with E-state index in [-0.39, 0.29) is 5.91 Å². The molecule has 0 atom stereocenters. The fraction of sp³-hybridized carbons (Fsp3) is 0.450. The molecule has 0 radical (unpaired) electrons. The molecule has 0 saturated heterocycles. The molecular weight excluding hydrogens is 302 g/mol. The third-order valence-electron chi connectivity index (χ3n) is 4.92. The summed E-state index contributed by atoms with van der Waals surface area (Å²) in [6.45, 7) is 5.96. The Bertz CT molecular complexity index is 795. The average molecular weight is 327 g/mol. The molecule has 24 heavy (non-hydrogen) atoms. The number of hydrogen-bond acceptors (Lipinski definition) is 3. The molecule has 4 heteroatoms. The first-order valence-corrected chi connectivity index (χ1v) is 8.55. The molecule has 1 aromatic carbocycles. The summed E-state index contributed by atoms with van der Waals surface area (Å²) in [5, 5.41) is 4.16. The number of hydrogen-bond donors (Lipinski definition) is 1. The molecular formula is C20H25NO3. The summed E-state index contributed by atoms with van der Waals surface area (Å²) in [6, 6.07) is 2.37. The number of methoxy groups -OCH3 is 1. The van der Waals surface area contributed by atoms with Gasteiger partial charge in [-0.15, -0.1) is 0 Å². The van der Waals surface area contributed by atoms with Crippen molar-refractivity contribution in [2.75, 3.05) is 7.11 Å². The normalized spacial score (nSPS) is 15.9. The molecule has 1 aliphatic carbocycles. The van der Waals surface area contributed by atoms with Crippen molar-refractivity contribution in [3.05, 3.63) is 35.1 Å². The van der Waals surface area contributed by atoms with E-state index in [1.54, 1.807) is 19.4 Å². The number of ether oxygens (including phenoxy) is 1. The zero-order valence-electron chi connectivity index (χ0n) is 14.9. The van der Waals surface area contributed by atoms with Crippen LogP contribution in [0.4, 0.5) is 0 Å². The first-order chi connectivity index (χ1) is 11.5. The number of amides is 1. The van der Waals surface area contributed by atoms with E-state index in [1.807, 2.05) is 20.8 Å². The third-order valence-corrected chi connectivity index (χ3v) is 4.92. The van der Waals surface area contributed by atoms with Crippen LogP contribution in [0.2, 0.25) is 0 Å². The number of rotatable bonds is 4. The number of benzene rings is 1. The molecule has 2 aromatic rings. The summed E-state index contributed by atoms with van der Waals surface area (Å²) in [6.07, 6.45) is 8.01. The Hall–Kier alpha value is -2.23. The van der Waals surface area contributed by atoms with Gasteiger partial charge in [0.1, 0.15) is 11.3 Å². The van der Waals surface area contributed by atoms with Crippen LogP contribution in [0.3, 0.4) is 0 Å². The Morgan fingerprint density at radius 2 is 2.04 bits per heavy atom. The first-order valence-electron chi connectivity index (χ1n) is 8.55. The number of allylic oxidation sites excluding steroid dienone is 1. The van der Waals surface area contributed by atoms with Gasteiger partial charge in [0, 0.05) is 28.6 Å². The summed E-state index contributed by atoms with van der Waals surface area (Å²) in [5.41, 5.74) is 4.72. The van der Waals surface area contributed by atoms with Crippen LogP contribution in [0.15, 0.2) is 22.8 Å². The molecule has 0 bridgehead atoms.